The second-order valence-corrected chi connectivity index (χ2v) is 8.50. The summed E-state index contributed by atoms with van der Waals surface area (Å²) in [5.41, 5.74) is 3.68. The zero-order chi connectivity index (χ0) is 15.0. The summed E-state index contributed by atoms with van der Waals surface area (Å²) in [5, 5.41) is 0. The minimum Gasteiger partial charge on any atom is -0.295 e. The van der Waals surface area contributed by atoms with Crippen LogP contribution in [0.4, 0.5) is 0 Å². The van der Waals surface area contributed by atoms with Crippen molar-refractivity contribution >= 4 is 22.6 Å². The van der Waals surface area contributed by atoms with Gasteiger partial charge in [-0.05, 0) is 76.9 Å². The molecule has 0 amide bonds. The molecule has 0 aliphatic heterocycles. The fourth-order valence-corrected chi connectivity index (χ4v) is 4.40. The molecule has 1 saturated carbocycles. The summed E-state index contributed by atoms with van der Waals surface area (Å²) in [6.45, 7) is 10.6. The van der Waals surface area contributed by atoms with Crippen LogP contribution < -0.4 is 0 Å². The summed E-state index contributed by atoms with van der Waals surface area (Å²) in [6, 6.07) is 8.96. The van der Waals surface area contributed by atoms with E-state index in [2.05, 4.69) is 78.6 Å². The standard InChI is InChI=1S/C19H26IN/c1-4-21(12-14-5-9-17(20)10-6-14)13-15-7-8-16-11-18(15)19(16,2)3/h5-7,9-10,16,18H,4,8,11-13H2,1-3H3/t16-,18-/m0/s1. The number of fused-ring (bicyclic) bond motifs is 1. The summed E-state index contributed by atoms with van der Waals surface area (Å²) >= 11 is 2.37. The molecular weight excluding hydrogens is 369 g/mol. The lowest BCUT2D eigenvalue weighted by molar-refractivity contribution is -0.0107. The van der Waals surface area contributed by atoms with Crippen LogP contribution in [0.1, 0.15) is 39.2 Å². The molecule has 1 fully saturated rings. The lowest BCUT2D eigenvalue weighted by atomic mass is 9.49. The third-order valence-corrected chi connectivity index (χ3v) is 6.47. The van der Waals surface area contributed by atoms with Gasteiger partial charge >= 0.3 is 0 Å². The van der Waals surface area contributed by atoms with E-state index in [-0.39, 0.29) is 0 Å². The Labute approximate surface area is 142 Å². The molecule has 21 heavy (non-hydrogen) atoms. The Bertz CT molecular complexity index is 529. The lowest BCUT2D eigenvalue weighted by Gasteiger charge is -2.57. The van der Waals surface area contributed by atoms with Gasteiger partial charge in [-0.1, -0.05) is 44.6 Å². The number of rotatable bonds is 5. The van der Waals surface area contributed by atoms with Crippen LogP contribution >= 0.6 is 22.6 Å². The van der Waals surface area contributed by atoms with Gasteiger partial charge in [0.1, 0.15) is 0 Å². The zero-order valence-corrected chi connectivity index (χ0v) is 15.6. The highest BCUT2D eigenvalue weighted by Crippen LogP contribution is 2.59. The summed E-state index contributed by atoms with van der Waals surface area (Å²) in [7, 11) is 0. The first-order valence-corrected chi connectivity index (χ1v) is 9.24. The van der Waals surface area contributed by atoms with E-state index in [1.807, 2.05) is 0 Å². The highest BCUT2D eigenvalue weighted by molar-refractivity contribution is 14.1. The second kappa shape index (κ2) is 6.04. The molecular formula is C19H26IN. The monoisotopic (exact) mass is 395 g/mol. The van der Waals surface area contributed by atoms with E-state index in [1.54, 1.807) is 5.57 Å². The first-order valence-electron chi connectivity index (χ1n) is 8.16. The molecule has 0 spiro atoms. The van der Waals surface area contributed by atoms with E-state index in [0.717, 1.165) is 31.5 Å². The number of hydrogen-bond acceptors (Lipinski definition) is 1. The van der Waals surface area contributed by atoms with Crippen LogP contribution in [0.5, 0.6) is 0 Å². The molecule has 1 aromatic carbocycles. The molecule has 114 valence electrons. The van der Waals surface area contributed by atoms with Crippen LogP contribution in [0, 0.1) is 20.8 Å². The van der Waals surface area contributed by atoms with Gasteiger partial charge in [0.15, 0.2) is 0 Å². The van der Waals surface area contributed by atoms with Gasteiger partial charge in [0.05, 0.1) is 0 Å². The van der Waals surface area contributed by atoms with Crippen molar-refractivity contribution in [3.05, 3.63) is 45.0 Å². The molecule has 2 bridgehead atoms. The predicted octanol–water partition coefficient (Wildman–Crippen LogP) is 5.11. The quantitative estimate of drug-likeness (QED) is 0.495. The van der Waals surface area contributed by atoms with E-state index in [4.69, 9.17) is 0 Å². The van der Waals surface area contributed by atoms with E-state index in [9.17, 15) is 0 Å². The number of halogens is 1. The van der Waals surface area contributed by atoms with Gasteiger partial charge in [0, 0.05) is 16.7 Å². The van der Waals surface area contributed by atoms with Crippen LogP contribution in [0.25, 0.3) is 0 Å². The number of allylic oxidation sites excluding steroid dienone is 1. The average Bonchev–Trinajstić information content (AvgIpc) is 2.48. The topological polar surface area (TPSA) is 3.24 Å². The van der Waals surface area contributed by atoms with Crippen molar-refractivity contribution in [2.24, 2.45) is 17.3 Å². The van der Waals surface area contributed by atoms with Gasteiger partial charge in [0.25, 0.3) is 0 Å². The van der Waals surface area contributed by atoms with E-state index >= 15 is 0 Å². The fraction of sp³-hybridized carbons (Fsp3) is 0.579. The first-order chi connectivity index (χ1) is 10.0. The van der Waals surface area contributed by atoms with Crippen LogP contribution in [0.2, 0.25) is 0 Å². The van der Waals surface area contributed by atoms with E-state index in [0.29, 0.717) is 5.41 Å². The molecule has 1 aromatic rings. The highest BCUT2D eigenvalue weighted by atomic mass is 127. The summed E-state index contributed by atoms with van der Waals surface area (Å²) < 4.78 is 1.32. The van der Waals surface area contributed by atoms with Crippen LogP contribution in [-0.2, 0) is 6.54 Å². The van der Waals surface area contributed by atoms with Crippen molar-refractivity contribution in [3.8, 4) is 0 Å². The van der Waals surface area contributed by atoms with Crippen molar-refractivity contribution in [3.63, 3.8) is 0 Å². The summed E-state index contributed by atoms with van der Waals surface area (Å²) in [4.78, 5) is 2.59. The number of likely N-dealkylation sites (N-methyl/N-ethyl adjacent to an activating group) is 1. The van der Waals surface area contributed by atoms with Crippen molar-refractivity contribution in [2.75, 3.05) is 13.1 Å². The summed E-state index contributed by atoms with van der Waals surface area (Å²) in [6.07, 6.45) is 5.28. The highest BCUT2D eigenvalue weighted by Gasteiger charge is 2.51. The Morgan fingerprint density at radius 2 is 1.90 bits per heavy atom. The predicted molar refractivity (Wildman–Crippen MR) is 98.2 cm³/mol. The maximum atomic E-state index is 2.59. The van der Waals surface area contributed by atoms with Crippen molar-refractivity contribution < 1.29 is 0 Å². The zero-order valence-electron chi connectivity index (χ0n) is 13.4. The van der Waals surface area contributed by atoms with Gasteiger partial charge in [-0.25, -0.2) is 0 Å². The Kier molecular flexibility index (Phi) is 4.47. The third-order valence-electron chi connectivity index (χ3n) is 5.76. The van der Waals surface area contributed by atoms with E-state index < -0.39 is 0 Å². The second-order valence-electron chi connectivity index (χ2n) is 7.25. The molecule has 1 nitrogen and oxygen atoms in total. The largest absolute Gasteiger partial charge is 0.295 e. The van der Waals surface area contributed by atoms with Crippen molar-refractivity contribution in [1.82, 2.24) is 4.90 Å². The Balaban J connectivity index is 1.65. The van der Waals surface area contributed by atoms with Gasteiger partial charge < -0.3 is 0 Å². The van der Waals surface area contributed by atoms with Gasteiger partial charge in [-0.3, -0.25) is 4.90 Å². The molecule has 0 heterocycles. The van der Waals surface area contributed by atoms with Crippen LogP contribution in [0.15, 0.2) is 35.9 Å². The van der Waals surface area contributed by atoms with E-state index in [1.165, 1.54) is 22.0 Å². The smallest absolute Gasteiger partial charge is 0.0237 e. The maximum absolute atomic E-state index is 2.59. The molecule has 0 saturated heterocycles. The van der Waals surface area contributed by atoms with Gasteiger partial charge in [-0.15, -0.1) is 0 Å². The minimum atomic E-state index is 0.548. The average molecular weight is 395 g/mol. The lowest BCUT2D eigenvalue weighted by Crippen LogP contribution is -2.49. The molecule has 3 aliphatic rings. The third kappa shape index (κ3) is 3.07. The first kappa shape index (κ1) is 15.5. The van der Waals surface area contributed by atoms with Crippen molar-refractivity contribution in [1.29, 1.82) is 0 Å². The van der Waals surface area contributed by atoms with Crippen LogP contribution in [-0.4, -0.2) is 18.0 Å². The summed E-state index contributed by atoms with van der Waals surface area (Å²) in [5.74, 6) is 1.78. The minimum absolute atomic E-state index is 0.548. The molecule has 2 heteroatoms. The van der Waals surface area contributed by atoms with Crippen LogP contribution in [0.3, 0.4) is 0 Å². The Morgan fingerprint density at radius 1 is 1.19 bits per heavy atom. The molecule has 4 rings (SSSR count). The van der Waals surface area contributed by atoms with Gasteiger partial charge in [0.2, 0.25) is 0 Å². The normalized spacial score (nSPS) is 26.4. The number of benzene rings is 1. The molecule has 2 atom stereocenters. The Hall–Kier alpha value is -0.350. The Morgan fingerprint density at radius 3 is 2.48 bits per heavy atom. The molecule has 0 aromatic heterocycles. The van der Waals surface area contributed by atoms with Gasteiger partial charge in [-0.2, -0.15) is 0 Å². The molecule has 0 unspecified atom stereocenters. The maximum Gasteiger partial charge on any atom is 0.0237 e. The molecule has 3 aliphatic carbocycles. The fourth-order valence-electron chi connectivity index (χ4n) is 4.04. The molecule has 0 radical (unpaired) electrons. The number of hydrogen-bond donors (Lipinski definition) is 0. The SMILES string of the molecule is CCN(CC1=CC[C@H]2C[C@@H]1C2(C)C)Cc1ccc(I)cc1. The molecule has 0 N–H and O–H groups in total. The van der Waals surface area contributed by atoms with Crippen molar-refractivity contribution in [2.45, 2.75) is 40.2 Å². The number of nitrogens with zero attached hydrogens (tertiary/aromatic N) is 1.